The van der Waals surface area contributed by atoms with Crippen LogP contribution in [0.1, 0.15) is 30.5 Å². The predicted octanol–water partition coefficient (Wildman–Crippen LogP) is 3.12. The van der Waals surface area contributed by atoms with Crippen LogP contribution >= 0.6 is 11.8 Å². The number of amides is 2. The molecule has 3 rings (SSSR count). The zero-order valence-corrected chi connectivity index (χ0v) is 16.7. The van der Waals surface area contributed by atoms with Crippen molar-refractivity contribution in [2.24, 2.45) is 0 Å². The quantitative estimate of drug-likeness (QED) is 0.773. The number of ether oxygens (including phenoxy) is 1. The average Bonchev–Trinajstić information content (AvgIpc) is 3.30. The van der Waals surface area contributed by atoms with E-state index < -0.39 is 24.0 Å². The number of esters is 1. The maximum Gasteiger partial charge on any atom is 0.330 e. The molecule has 0 saturated carbocycles. The van der Waals surface area contributed by atoms with E-state index >= 15 is 0 Å². The van der Waals surface area contributed by atoms with Crippen LogP contribution in [0.2, 0.25) is 0 Å². The van der Waals surface area contributed by atoms with Crippen LogP contribution in [0.15, 0.2) is 47.1 Å². The molecule has 1 aromatic heterocycles. The third-order valence-electron chi connectivity index (χ3n) is 4.37. The molecule has 1 fully saturated rings. The minimum atomic E-state index is -0.991. The first kappa shape index (κ1) is 20.0. The van der Waals surface area contributed by atoms with Crippen LogP contribution < -0.4 is 5.32 Å². The van der Waals surface area contributed by atoms with Gasteiger partial charge in [0.25, 0.3) is 5.91 Å². The lowest BCUT2D eigenvalue weighted by Crippen LogP contribution is -2.44. The van der Waals surface area contributed by atoms with Gasteiger partial charge < -0.3 is 19.4 Å². The molecule has 0 aliphatic carbocycles. The Morgan fingerprint density at radius 1 is 1.29 bits per heavy atom. The Labute approximate surface area is 167 Å². The highest BCUT2D eigenvalue weighted by Crippen LogP contribution is 2.41. The van der Waals surface area contributed by atoms with Crippen LogP contribution in [0.5, 0.6) is 0 Å². The monoisotopic (exact) mass is 402 g/mol. The Balaban J connectivity index is 1.64. The number of rotatable bonds is 5. The minimum Gasteiger partial charge on any atom is -0.466 e. The Hall–Kier alpha value is -2.74. The minimum absolute atomic E-state index is 0.259. The number of carbonyl (C=O) groups is 3. The maximum absolute atomic E-state index is 12.7. The van der Waals surface area contributed by atoms with Gasteiger partial charge in [-0.3, -0.25) is 9.59 Å². The molecule has 1 N–H and O–H groups in total. The molecule has 7 nitrogen and oxygen atoms in total. The van der Waals surface area contributed by atoms with Gasteiger partial charge in [0, 0.05) is 18.4 Å². The van der Waals surface area contributed by atoms with E-state index in [2.05, 4.69) is 5.32 Å². The Kier molecular flexibility index (Phi) is 6.08. The second-order valence-electron chi connectivity index (χ2n) is 6.58. The molecule has 0 spiro atoms. The normalized spacial score (nSPS) is 19.9. The van der Waals surface area contributed by atoms with Crippen molar-refractivity contribution in [3.8, 4) is 0 Å². The van der Waals surface area contributed by atoms with E-state index in [0.717, 1.165) is 5.56 Å². The summed E-state index contributed by atoms with van der Waals surface area (Å²) in [6.45, 7) is 4.83. The summed E-state index contributed by atoms with van der Waals surface area (Å²) in [5, 5.41) is 2.34. The molecule has 2 heterocycles. The molecule has 1 aliphatic heterocycles. The van der Waals surface area contributed by atoms with Gasteiger partial charge in [-0.15, -0.1) is 11.8 Å². The van der Waals surface area contributed by atoms with Gasteiger partial charge in [0.15, 0.2) is 6.10 Å². The van der Waals surface area contributed by atoms with Crippen molar-refractivity contribution in [3.63, 3.8) is 0 Å². The summed E-state index contributed by atoms with van der Waals surface area (Å²) < 4.78 is 10.7. The molecular formula is C20H22N2O5S. The van der Waals surface area contributed by atoms with Crippen LogP contribution in [-0.2, 0) is 19.1 Å². The van der Waals surface area contributed by atoms with Crippen LogP contribution in [-0.4, -0.2) is 40.6 Å². The van der Waals surface area contributed by atoms with Gasteiger partial charge in [0.1, 0.15) is 17.2 Å². The summed E-state index contributed by atoms with van der Waals surface area (Å²) >= 11 is 1.42. The third-order valence-corrected chi connectivity index (χ3v) is 5.65. The van der Waals surface area contributed by atoms with Gasteiger partial charge in [0.05, 0.1) is 6.26 Å². The summed E-state index contributed by atoms with van der Waals surface area (Å²) in [6.07, 6.45) is 0.534. The van der Waals surface area contributed by atoms with Crippen LogP contribution in [0.4, 0.5) is 5.69 Å². The van der Waals surface area contributed by atoms with E-state index in [9.17, 15) is 14.4 Å². The molecule has 148 valence electrons. The molecule has 28 heavy (non-hydrogen) atoms. The van der Waals surface area contributed by atoms with Gasteiger partial charge in [0.2, 0.25) is 5.91 Å². The molecule has 1 aliphatic rings. The molecule has 3 atom stereocenters. The standard InChI is InChI=1S/C20H22N2O5S/c1-12-6-4-7-15(10-12)21-18(24)13(2)27-20(25)16-11-28-19(22(16)14(3)23)17-8-5-9-26-17/h4-10,13,16,19H,11H2,1-3H3,(H,21,24)/t13-,16-,19+/m0/s1. The third kappa shape index (κ3) is 4.39. The molecule has 0 unspecified atom stereocenters. The number of aryl methyl sites for hydroxylation is 1. The van der Waals surface area contributed by atoms with Gasteiger partial charge in [-0.2, -0.15) is 0 Å². The van der Waals surface area contributed by atoms with E-state index in [0.29, 0.717) is 17.2 Å². The first-order valence-corrected chi connectivity index (χ1v) is 9.93. The van der Waals surface area contributed by atoms with E-state index in [1.165, 1.54) is 36.8 Å². The molecule has 2 amide bonds. The Morgan fingerprint density at radius 3 is 2.71 bits per heavy atom. The average molecular weight is 402 g/mol. The number of nitrogens with zero attached hydrogens (tertiary/aromatic N) is 1. The van der Waals surface area contributed by atoms with Gasteiger partial charge in [-0.25, -0.2) is 4.79 Å². The van der Waals surface area contributed by atoms with Crippen LogP contribution in [0, 0.1) is 6.92 Å². The predicted molar refractivity (Wildman–Crippen MR) is 106 cm³/mol. The highest BCUT2D eigenvalue weighted by molar-refractivity contribution is 7.99. The molecule has 0 radical (unpaired) electrons. The van der Waals surface area contributed by atoms with E-state index in [-0.39, 0.29) is 11.3 Å². The van der Waals surface area contributed by atoms with Crippen LogP contribution in [0.25, 0.3) is 0 Å². The number of hydrogen-bond acceptors (Lipinski definition) is 6. The number of carbonyl (C=O) groups excluding carboxylic acids is 3. The summed E-state index contributed by atoms with van der Waals surface area (Å²) in [5.41, 5.74) is 1.64. The molecule has 0 bridgehead atoms. The lowest BCUT2D eigenvalue weighted by atomic mass is 10.2. The molecule has 2 aromatic rings. The van der Waals surface area contributed by atoms with Crippen LogP contribution in [0.3, 0.4) is 0 Å². The first-order chi connectivity index (χ1) is 13.4. The highest BCUT2D eigenvalue weighted by atomic mass is 32.2. The SMILES string of the molecule is CC(=O)N1[C@@H](c2ccco2)SC[C@H]1C(=O)O[C@@H](C)C(=O)Nc1cccc(C)c1. The lowest BCUT2D eigenvalue weighted by Gasteiger charge is -2.26. The molecule has 1 saturated heterocycles. The van der Waals surface area contributed by atoms with Crippen molar-refractivity contribution in [3.05, 3.63) is 54.0 Å². The molecule has 8 heteroatoms. The zero-order valence-electron chi connectivity index (χ0n) is 15.9. The number of benzene rings is 1. The van der Waals surface area contributed by atoms with Gasteiger partial charge in [-0.05, 0) is 43.7 Å². The van der Waals surface area contributed by atoms with Crippen molar-refractivity contribution in [2.75, 3.05) is 11.1 Å². The lowest BCUT2D eigenvalue weighted by molar-refractivity contribution is -0.160. The summed E-state index contributed by atoms with van der Waals surface area (Å²) in [7, 11) is 0. The van der Waals surface area contributed by atoms with Gasteiger partial charge >= 0.3 is 5.97 Å². The fourth-order valence-corrected chi connectivity index (χ4v) is 4.41. The fourth-order valence-electron chi connectivity index (χ4n) is 3.00. The Bertz CT molecular complexity index is 867. The van der Waals surface area contributed by atoms with Crippen molar-refractivity contribution in [1.29, 1.82) is 0 Å². The summed E-state index contributed by atoms with van der Waals surface area (Å²) in [4.78, 5) is 38.6. The second kappa shape index (κ2) is 8.52. The number of anilines is 1. The highest BCUT2D eigenvalue weighted by Gasteiger charge is 2.43. The fraction of sp³-hybridized carbons (Fsp3) is 0.350. The Morgan fingerprint density at radius 2 is 2.07 bits per heavy atom. The van der Waals surface area contributed by atoms with E-state index in [4.69, 9.17) is 9.15 Å². The number of hydrogen-bond donors (Lipinski definition) is 1. The first-order valence-electron chi connectivity index (χ1n) is 8.88. The maximum atomic E-state index is 12.7. The van der Waals surface area contributed by atoms with E-state index in [1.54, 1.807) is 18.2 Å². The molecule has 1 aromatic carbocycles. The second-order valence-corrected chi connectivity index (χ2v) is 7.69. The van der Waals surface area contributed by atoms with Crippen molar-refractivity contribution in [1.82, 2.24) is 4.90 Å². The summed E-state index contributed by atoms with van der Waals surface area (Å²) in [5.74, 6) is -0.327. The topological polar surface area (TPSA) is 88.8 Å². The summed E-state index contributed by atoms with van der Waals surface area (Å²) in [6, 6.07) is 10.1. The smallest absolute Gasteiger partial charge is 0.330 e. The zero-order chi connectivity index (χ0) is 20.3. The van der Waals surface area contributed by atoms with Crippen molar-refractivity contribution in [2.45, 2.75) is 38.3 Å². The van der Waals surface area contributed by atoms with Crippen molar-refractivity contribution >= 4 is 35.2 Å². The number of nitrogens with one attached hydrogen (secondary N) is 1. The number of furan rings is 1. The largest absolute Gasteiger partial charge is 0.466 e. The van der Waals surface area contributed by atoms with Gasteiger partial charge in [-0.1, -0.05) is 12.1 Å². The number of thioether (sulfide) groups is 1. The van der Waals surface area contributed by atoms with Crippen molar-refractivity contribution < 1.29 is 23.5 Å². The molecular weight excluding hydrogens is 380 g/mol. The van der Waals surface area contributed by atoms with E-state index in [1.807, 2.05) is 25.1 Å².